The van der Waals surface area contributed by atoms with E-state index in [1.165, 1.54) is 0 Å². The molecule has 0 N–H and O–H groups in total. The zero-order chi connectivity index (χ0) is 17.8. The molecule has 2 aliphatic carbocycles. The van der Waals surface area contributed by atoms with Crippen LogP contribution in [-0.4, -0.2) is 20.8 Å². The van der Waals surface area contributed by atoms with Crippen LogP contribution >= 0.6 is 11.6 Å². The molecule has 0 spiro atoms. The van der Waals surface area contributed by atoms with Crippen LogP contribution in [0.2, 0.25) is 5.15 Å². The summed E-state index contributed by atoms with van der Waals surface area (Å²) in [5, 5.41) is 5.22. The molecule has 2 aromatic heterocycles. The van der Waals surface area contributed by atoms with E-state index in [9.17, 15) is 13.2 Å². The van der Waals surface area contributed by atoms with Gasteiger partial charge in [-0.2, -0.15) is 18.3 Å². The van der Waals surface area contributed by atoms with Crippen molar-refractivity contribution in [2.45, 2.75) is 69.9 Å². The van der Waals surface area contributed by atoms with Crippen LogP contribution < -0.4 is 0 Å². The third kappa shape index (κ3) is 3.03. The number of hydrogen-bond donors (Lipinski definition) is 0. The minimum atomic E-state index is -4.08. The predicted molar refractivity (Wildman–Crippen MR) is 90.1 cm³/mol. The largest absolute Gasteiger partial charge is 0.391 e. The fraction of sp³-hybridized carbons (Fsp3) is 0.667. The van der Waals surface area contributed by atoms with E-state index in [2.05, 4.69) is 12.0 Å². The Morgan fingerprint density at radius 1 is 1.16 bits per heavy atom. The molecule has 0 amide bonds. The van der Waals surface area contributed by atoms with E-state index in [1.807, 2.05) is 6.07 Å². The topological polar surface area (TPSA) is 30.2 Å². The number of rotatable bonds is 1. The minimum absolute atomic E-state index is 0.0609. The van der Waals surface area contributed by atoms with Crippen molar-refractivity contribution in [2.24, 2.45) is 5.92 Å². The van der Waals surface area contributed by atoms with Crippen LogP contribution in [0, 0.1) is 5.92 Å². The predicted octanol–water partition coefficient (Wildman–Crippen LogP) is 5.66. The van der Waals surface area contributed by atoms with Gasteiger partial charge in [-0.3, -0.25) is 0 Å². The van der Waals surface area contributed by atoms with Gasteiger partial charge in [-0.05, 0) is 50.9 Å². The monoisotopic (exact) mass is 371 g/mol. The number of fused-ring (bicyclic) bond motifs is 2. The lowest BCUT2D eigenvalue weighted by molar-refractivity contribution is -0.182. The van der Waals surface area contributed by atoms with Gasteiger partial charge in [-0.1, -0.05) is 18.5 Å². The molecule has 0 saturated heterocycles. The van der Waals surface area contributed by atoms with E-state index in [0.29, 0.717) is 29.6 Å². The maximum Gasteiger partial charge on any atom is 0.391 e. The van der Waals surface area contributed by atoms with E-state index < -0.39 is 12.1 Å². The molecular weight excluding hydrogens is 351 g/mol. The van der Waals surface area contributed by atoms with Crippen molar-refractivity contribution in [2.75, 3.05) is 0 Å². The van der Waals surface area contributed by atoms with E-state index in [-0.39, 0.29) is 18.8 Å². The van der Waals surface area contributed by atoms with Crippen molar-refractivity contribution in [1.29, 1.82) is 0 Å². The molecule has 0 aromatic carbocycles. The molecule has 7 heteroatoms. The van der Waals surface area contributed by atoms with E-state index in [1.54, 1.807) is 4.52 Å². The first-order valence-electron chi connectivity index (χ1n) is 8.99. The number of aromatic nitrogens is 3. The third-order valence-corrected chi connectivity index (χ3v) is 6.19. The fourth-order valence-electron chi connectivity index (χ4n) is 4.36. The van der Waals surface area contributed by atoms with Gasteiger partial charge < -0.3 is 0 Å². The Labute approximate surface area is 149 Å². The van der Waals surface area contributed by atoms with Crippen molar-refractivity contribution in [3.8, 4) is 0 Å². The number of hydrogen-bond acceptors (Lipinski definition) is 2. The smallest absolute Gasteiger partial charge is 0.233 e. The molecule has 0 bridgehead atoms. The van der Waals surface area contributed by atoms with Crippen LogP contribution in [0.25, 0.3) is 5.65 Å². The van der Waals surface area contributed by atoms with Crippen molar-refractivity contribution >= 4 is 17.2 Å². The molecule has 25 heavy (non-hydrogen) atoms. The molecule has 3 nitrogen and oxygen atoms in total. The minimum Gasteiger partial charge on any atom is -0.233 e. The summed E-state index contributed by atoms with van der Waals surface area (Å²) < 4.78 is 40.2. The van der Waals surface area contributed by atoms with Crippen LogP contribution in [0.4, 0.5) is 13.2 Å². The maximum absolute atomic E-state index is 12.9. The molecule has 1 atom stereocenters. The first-order chi connectivity index (χ1) is 11.8. The van der Waals surface area contributed by atoms with Crippen molar-refractivity contribution < 1.29 is 13.2 Å². The summed E-state index contributed by atoms with van der Waals surface area (Å²) in [7, 11) is 0. The second kappa shape index (κ2) is 6.15. The molecule has 136 valence electrons. The highest BCUT2D eigenvalue weighted by atomic mass is 35.5. The summed E-state index contributed by atoms with van der Waals surface area (Å²) in [5.41, 5.74) is 3.66. The Hall–Kier alpha value is -1.30. The fourth-order valence-corrected chi connectivity index (χ4v) is 4.78. The number of aryl methyl sites for hydroxylation is 1. The summed E-state index contributed by atoms with van der Waals surface area (Å²) in [5.74, 6) is -0.746. The van der Waals surface area contributed by atoms with Crippen LogP contribution in [0.5, 0.6) is 0 Å². The highest BCUT2D eigenvalue weighted by Gasteiger charge is 2.42. The van der Waals surface area contributed by atoms with Gasteiger partial charge in [0.1, 0.15) is 5.15 Å². The second-order valence-electron chi connectivity index (χ2n) is 7.49. The summed E-state index contributed by atoms with van der Waals surface area (Å²) in [6.07, 6.45) is 0.430. The molecule has 1 saturated carbocycles. The standard InChI is InChI=1S/C18H21ClF3N3/c1-10-3-2-4-13-16(10)17(19)25-15(23-13)9-14(24-25)11-5-7-12(8-6-11)18(20,21)22/h9-12H,2-8H2,1H3. The van der Waals surface area contributed by atoms with Crippen LogP contribution in [0.3, 0.4) is 0 Å². The highest BCUT2D eigenvalue weighted by molar-refractivity contribution is 6.30. The lowest BCUT2D eigenvalue weighted by Crippen LogP contribution is -2.27. The van der Waals surface area contributed by atoms with Gasteiger partial charge in [-0.15, -0.1) is 0 Å². The van der Waals surface area contributed by atoms with Crippen LogP contribution in [0.15, 0.2) is 6.07 Å². The Kier molecular flexibility index (Phi) is 4.21. The number of halogens is 4. The quantitative estimate of drug-likeness (QED) is 0.605. The maximum atomic E-state index is 12.9. The van der Waals surface area contributed by atoms with Crippen LogP contribution in [0.1, 0.15) is 74.2 Å². The molecule has 0 radical (unpaired) electrons. The average molecular weight is 372 g/mol. The first-order valence-corrected chi connectivity index (χ1v) is 9.37. The van der Waals surface area contributed by atoms with Gasteiger partial charge in [0.25, 0.3) is 0 Å². The van der Waals surface area contributed by atoms with Gasteiger partial charge in [0.2, 0.25) is 0 Å². The first kappa shape index (κ1) is 17.1. The van der Waals surface area contributed by atoms with Crippen molar-refractivity contribution in [3.05, 3.63) is 28.2 Å². The Morgan fingerprint density at radius 2 is 1.88 bits per heavy atom. The number of nitrogens with zero attached hydrogens (tertiary/aromatic N) is 3. The molecule has 1 fully saturated rings. The second-order valence-corrected chi connectivity index (χ2v) is 7.84. The highest BCUT2D eigenvalue weighted by Crippen LogP contribution is 2.43. The van der Waals surface area contributed by atoms with Gasteiger partial charge in [0, 0.05) is 23.2 Å². The van der Waals surface area contributed by atoms with Crippen molar-refractivity contribution in [1.82, 2.24) is 14.6 Å². The normalized spacial score (nSPS) is 27.5. The Morgan fingerprint density at radius 3 is 2.56 bits per heavy atom. The zero-order valence-corrected chi connectivity index (χ0v) is 14.9. The Balaban J connectivity index is 1.63. The van der Waals surface area contributed by atoms with Crippen LogP contribution in [-0.2, 0) is 6.42 Å². The summed E-state index contributed by atoms with van der Waals surface area (Å²) in [6, 6.07) is 1.91. The lowest BCUT2D eigenvalue weighted by atomic mass is 9.80. The molecule has 2 aromatic rings. The molecular formula is C18H21ClF3N3. The SMILES string of the molecule is CC1CCCc2nc3cc(C4CCC(C(F)(F)F)CC4)nn3c(Cl)c21. The summed E-state index contributed by atoms with van der Waals surface area (Å²) >= 11 is 6.60. The molecule has 4 rings (SSSR count). The average Bonchev–Trinajstić information content (AvgIpc) is 2.99. The molecule has 2 heterocycles. The summed E-state index contributed by atoms with van der Waals surface area (Å²) in [4.78, 5) is 4.73. The molecule has 1 unspecified atom stereocenters. The van der Waals surface area contributed by atoms with E-state index in [0.717, 1.165) is 36.2 Å². The van der Waals surface area contributed by atoms with Gasteiger partial charge in [0.15, 0.2) is 5.65 Å². The van der Waals surface area contributed by atoms with Gasteiger partial charge in [-0.25, -0.2) is 9.50 Å². The van der Waals surface area contributed by atoms with E-state index in [4.69, 9.17) is 16.6 Å². The molecule has 0 aliphatic heterocycles. The van der Waals surface area contributed by atoms with E-state index >= 15 is 0 Å². The molecule has 2 aliphatic rings. The van der Waals surface area contributed by atoms with Crippen molar-refractivity contribution in [3.63, 3.8) is 0 Å². The van der Waals surface area contributed by atoms with Gasteiger partial charge in [0.05, 0.1) is 11.6 Å². The number of alkyl halides is 3. The zero-order valence-electron chi connectivity index (χ0n) is 14.1. The Bertz CT molecular complexity index is 791. The lowest BCUT2D eigenvalue weighted by Gasteiger charge is -2.28. The van der Waals surface area contributed by atoms with Gasteiger partial charge >= 0.3 is 6.18 Å². The summed E-state index contributed by atoms with van der Waals surface area (Å²) in [6.45, 7) is 2.15. The third-order valence-electron chi connectivity index (χ3n) is 5.83.